The maximum atomic E-state index is 13.5. The molecule has 1 aliphatic rings. The van der Waals surface area contributed by atoms with E-state index in [1.807, 2.05) is 85.8 Å². The first kappa shape index (κ1) is 20.9. The van der Waals surface area contributed by atoms with Crippen LogP contribution in [-0.2, 0) is 4.79 Å². The maximum absolute atomic E-state index is 13.5. The molecule has 0 spiro atoms. The van der Waals surface area contributed by atoms with Gasteiger partial charge in [0.1, 0.15) is 22.4 Å². The van der Waals surface area contributed by atoms with Crippen LogP contribution in [0, 0.1) is 6.92 Å². The maximum Gasteiger partial charge on any atom is 0.282 e. The molecule has 1 aromatic heterocycles. The largest absolute Gasteiger partial charge is 0.497 e. The van der Waals surface area contributed by atoms with Crippen LogP contribution in [0.5, 0.6) is 5.75 Å². The molecule has 0 unspecified atom stereocenters. The Labute approximate surface area is 196 Å². The van der Waals surface area contributed by atoms with Crippen molar-refractivity contribution in [3.63, 3.8) is 0 Å². The number of anilines is 1. The van der Waals surface area contributed by atoms with Gasteiger partial charge in [-0.3, -0.25) is 9.69 Å². The third-order valence-corrected chi connectivity index (χ3v) is 5.77. The number of aromatic nitrogens is 1. The Hall–Kier alpha value is -3.96. The van der Waals surface area contributed by atoms with E-state index in [-0.39, 0.29) is 5.91 Å². The minimum Gasteiger partial charge on any atom is -0.497 e. The van der Waals surface area contributed by atoms with E-state index in [2.05, 4.69) is 4.98 Å². The van der Waals surface area contributed by atoms with Crippen molar-refractivity contribution in [3.05, 3.63) is 106 Å². The Morgan fingerprint density at radius 1 is 0.970 bits per heavy atom. The molecular formula is C27H20ClN3O2. The van der Waals surface area contributed by atoms with Gasteiger partial charge in [0.15, 0.2) is 0 Å². The second-order valence-corrected chi connectivity index (χ2v) is 8.09. The summed E-state index contributed by atoms with van der Waals surface area (Å²) in [5, 5.41) is 1.28. The second kappa shape index (κ2) is 8.52. The molecule has 2 heterocycles. The highest BCUT2D eigenvalue weighted by atomic mass is 35.5. The highest BCUT2D eigenvalue weighted by Gasteiger charge is 2.32. The van der Waals surface area contributed by atoms with Gasteiger partial charge >= 0.3 is 0 Å². The Kier molecular flexibility index (Phi) is 5.40. The number of halogens is 1. The number of carbonyl (C=O) groups excluding carboxylic acids is 1. The number of fused-ring (bicyclic) bond motifs is 1. The van der Waals surface area contributed by atoms with Gasteiger partial charge in [0.2, 0.25) is 0 Å². The lowest BCUT2D eigenvalue weighted by Gasteiger charge is -2.18. The van der Waals surface area contributed by atoms with E-state index in [4.69, 9.17) is 21.3 Å². The van der Waals surface area contributed by atoms with Crippen LogP contribution in [0.25, 0.3) is 17.0 Å². The van der Waals surface area contributed by atoms with Gasteiger partial charge in [-0.1, -0.05) is 53.6 Å². The Balaban J connectivity index is 1.62. The number of rotatable bonds is 4. The highest BCUT2D eigenvalue weighted by Crippen LogP contribution is 2.31. The molecule has 0 N–H and O–H groups in total. The number of amides is 1. The van der Waals surface area contributed by atoms with Crippen LogP contribution in [-0.4, -0.2) is 23.8 Å². The third-order valence-electron chi connectivity index (χ3n) is 5.47. The van der Waals surface area contributed by atoms with E-state index in [1.54, 1.807) is 18.1 Å². The summed E-state index contributed by atoms with van der Waals surface area (Å²) in [6.45, 7) is 2.02. The number of aryl methyl sites for hydroxylation is 1. The number of hydrogen-bond donors (Lipinski definition) is 0. The molecule has 162 valence electrons. The molecular weight excluding hydrogens is 434 g/mol. The van der Waals surface area contributed by atoms with Crippen LogP contribution < -0.4 is 9.64 Å². The van der Waals surface area contributed by atoms with Crippen LogP contribution in [0.15, 0.2) is 89.6 Å². The van der Waals surface area contributed by atoms with Gasteiger partial charge < -0.3 is 4.74 Å². The van der Waals surface area contributed by atoms with E-state index in [9.17, 15) is 4.79 Å². The predicted octanol–water partition coefficient (Wildman–Crippen LogP) is 6.04. The molecule has 0 bridgehead atoms. The van der Waals surface area contributed by atoms with Crippen molar-refractivity contribution < 1.29 is 9.53 Å². The zero-order valence-electron chi connectivity index (χ0n) is 18.1. The van der Waals surface area contributed by atoms with Gasteiger partial charge in [-0.15, -0.1) is 0 Å². The summed E-state index contributed by atoms with van der Waals surface area (Å²) in [6, 6.07) is 24.8. The predicted molar refractivity (Wildman–Crippen MR) is 133 cm³/mol. The first-order valence-corrected chi connectivity index (χ1v) is 10.8. The van der Waals surface area contributed by atoms with Crippen LogP contribution in [0.2, 0.25) is 5.15 Å². The lowest BCUT2D eigenvalue weighted by molar-refractivity contribution is -0.113. The average molecular weight is 454 g/mol. The zero-order valence-corrected chi connectivity index (χ0v) is 18.9. The number of benzene rings is 3. The normalized spacial score (nSPS) is 14.8. The van der Waals surface area contributed by atoms with E-state index >= 15 is 0 Å². The fourth-order valence-corrected chi connectivity index (χ4v) is 4.01. The van der Waals surface area contributed by atoms with Gasteiger partial charge in [-0.2, -0.15) is 0 Å². The average Bonchev–Trinajstić information content (AvgIpc) is 3.16. The van der Waals surface area contributed by atoms with Gasteiger partial charge in [0.25, 0.3) is 5.91 Å². The first-order chi connectivity index (χ1) is 16.0. The number of nitrogens with zero attached hydrogens (tertiary/aromatic N) is 3. The summed E-state index contributed by atoms with van der Waals surface area (Å²) in [6.07, 6.45) is 1.70. The fraction of sp³-hybridized carbons (Fsp3) is 0.0741. The Morgan fingerprint density at radius 3 is 2.45 bits per heavy atom. The van der Waals surface area contributed by atoms with Crippen LogP contribution in [0.1, 0.15) is 16.7 Å². The van der Waals surface area contributed by atoms with E-state index in [0.717, 1.165) is 22.0 Å². The van der Waals surface area contributed by atoms with Crippen LogP contribution in [0.3, 0.4) is 0 Å². The minimum atomic E-state index is -0.237. The molecule has 0 radical (unpaired) electrons. The first-order valence-electron chi connectivity index (χ1n) is 10.4. The number of amidine groups is 1. The summed E-state index contributed by atoms with van der Waals surface area (Å²) in [5.41, 5.74) is 4.40. The SMILES string of the molecule is COc1ccc(N2C(=O)/C(=C\c3cc4cc(C)ccc4nc3Cl)N=C2c2ccccc2)cc1. The summed E-state index contributed by atoms with van der Waals surface area (Å²) in [4.78, 5) is 24.3. The molecule has 0 aliphatic carbocycles. The van der Waals surface area contributed by atoms with Crippen LogP contribution in [0.4, 0.5) is 5.69 Å². The smallest absolute Gasteiger partial charge is 0.282 e. The van der Waals surface area contributed by atoms with Gasteiger partial charge in [0.05, 0.1) is 18.3 Å². The van der Waals surface area contributed by atoms with Crippen molar-refractivity contribution in [3.8, 4) is 5.75 Å². The quantitative estimate of drug-likeness (QED) is 0.279. The summed E-state index contributed by atoms with van der Waals surface area (Å²) in [7, 11) is 1.61. The molecule has 1 aliphatic heterocycles. The van der Waals surface area contributed by atoms with Gasteiger partial charge in [-0.05, 0) is 55.5 Å². The van der Waals surface area contributed by atoms with Gasteiger partial charge in [0, 0.05) is 16.5 Å². The molecule has 0 saturated carbocycles. The lowest BCUT2D eigenvalue weighted by Crippen LogP contribution is -2.32. The van der Waals surface area contributed by atoms with Crippen molar-refractivity contribution in [2.75, 3.05) is 12.0 Å². The van der Waals surface area contributed by atoms with E-state index < -0.39 is 0 Å². The highest BCUT2D eigenvalue weighted by molar-refractivity contribution is 6.34. The van der Waals surface area contributed by atoms with Crippen molar-refractivity contribution in [2.45, 2.75) is 6.92 Å². The Morgan fingerprint density at radius 2 is 1.73 bits per heavy atom. The number of carbonyl (C=O) groups is 1. The topological polar surface area (TPSA) is 54.8 Å². The number of ether oxygens (including phenoxy) is 1. The van der Waals surface area contributed by atoms with Crippen LogP contribution >= 0.6 is 11.6 Å². The fourth-order valence-electron chi connectivity index (χ4n) is 3.81. The molecule has 6 heteroatoms. The minimum absolute atomic E-state index is 0.237. The Bertz CT molecular complexity index is 1430. The van der Waals surface area contributed by atoms with Gasteiger partial charge in [-0.25, -0.2) is 9.98 Å². The van der Waals surface area contributed by atoms with E-state index in [1.165, 1.54) is 0 Å². The summed E-state index contributed by atoms with van der Waals surface area (Å²) in [5.74, 6) is 1.03. The van der Waals surface area contributed by atoms with Crippen molar-refractivity contribution in [1.29, 1.82) is 0 Å². The number of hydrogen-bond acceptors (Lipinski definition) is 4. The lowest BCUT2D eigenvalue weighted by atomic mass is 10.1. The third kappa shape index (κ3) is 3.99. The number of aliphatic imine (C=N–C) groups is 1. The molecule has 3 aromatic carbocycles. The molecule has 0 fully saturated rings. The molecule has 0 atom stereocenters. The number of methoxy groups -OCH3 is 1. The van der Waals surface area contributed by atoms with Crippen molar-refractivity contribution >= 4 is 46.0 Å². The monoisotopic (exact) mass is 453 g/mol. The molecule has 33 heavy (non-hydrogen) atoms. The van der Waals surface area contributed by atoms with Crippen molar-refractivity contribution in [2.24, 2.45) is 4.99 Å². The summed E-state index contributed by atoms with van der Waals surface area (Å²) >= 11 is 6.47. The van der Waals surface area contributed by atoms with E-state index in [0.29, 0.717) is 33.7 Å². The number of pyridine rings is 1. The zero-order chi connectivity index (χ0) is 22.9. The molecule has 4 aromatic rings. The summed E-state index contributed by atoms with van der Waals surface area (Å²) < 4.78 is 5.26. The molecule has 5 rings (SSSR count). The standard InChI is InChI=1S/C27H20ClN3O2/c1-17-8-13-23-19(14-17)15-20(25(28)29-23)16-24-27(32)31(21-9-11-22(33-2)12-10-21)26(30-24)18-6-4-3-5-7-18/h3-16H,1-2H3/b24-16+. The molecule has 5 nitrogen and oxygen atoms in total. The molecule has 1 amide bonds. The second-order valence-electron chi connectivity index (χ2n) is 7.73. The van der Waals surface area contributed by atoms with Crippen molar-refractivity contribution in [1.82, 2.24) is 4.98 Å². The molecule has 0 saturated heterocycles.